The summed E-state index contributed by atoms with van der Waals surface area (Å²) in [5.74, 6) is 1.39. The Labute approximate surface area is 190 Å². The van der Waals surface area contributed by atoms with E-state index in [2.05, 4.69) is 53.5 Å². The van der Waals surface area contributed by atoms with E-state index in [1.807, 2.05) is 32.0 Å². The average molecular weight is 436 g/mol. The van der Waals surface area contributed by atoms with E-state index in [0.29, 0.717) is 24.5 Å². The van der Waals surface area contributed by atoms with Crippen LogP contribution in [0, 0.1) is 13.8 Å². The van der Waals surface area contributed by atoms with Crippen LogP contribution in [0.2, 0.25) is 0 Å². The lowest BCUT2D eigenvalue weighted by atomic mass is 10.0. The summed E-state index contributed by atoms with van der Waals surface area (Å²) in [6.45, 7) is 11.0. The molecule has 0 aliphatic heterocycles. The van der Waals surface area contributed by atoms with Crippen LogP contribution in [0.25, 0.3) is 0 Å². The number of benzene rings is 2. The Morgan fingerprint density at radius 3 is 2.34 bits per heavy atom. The summed E-state index contributed by atoms with van der Waals surface area (Å²) >= 11 is 0. The van der Waals surface area contributed by atoms with Crippen molar-refractivity contribution in [3.8, 4) is 5.75 Å². The third-order valence-corrected chi connectivity index (χ3v) is 5.82. The van der Waals surface area contributed by atoms with Gasteiger partial charge >= 0.3 is 0 Å². The fourth-order valence-corrected chi connectivity index (χ4v) is 3.84. The standard InChI is InChI=1S/C26H33N3O3/c1-5-29(6-2)23(16-21-10-8-7-9-11-21)17-27-26(30)22-12-14-24(15-13-22)31-18-25-19(3)28-32-20(25)4/h7-15,23H,5-6,16-18H2,1-4H3,(H,27,30). The van der Waals surface area contributed by atoms with Gasteiger partial charge in [-0.05, 0) is 63.2 Å². The largest absolute Gasteiger partial charge is 0.489 e. The van der Waals surface area contributed by atoms with Crippen LogP contribution in [0.1, 0.15) is 46.8 Å². The van der Waals surface area contributed by atoms with E-state index in [1.54, 1.807) is 12.1 Å². The van der Waals surface area contributed by atoms with Crippen molar-refractivity contribution in [1.82, 2.24) is 15.4 Å². The van der Waals surface area contributed by atoms with Crippen molar-refractivity contribution in [2.24, 2.45) is 0 Å². The molecule has 1 aromatic heterocycles. The number of aryl methyl sites for hydroxylation is 2. The van der Waals surface area contributed by atoms with Gasteiger partial charge in [0.2, 0.25) is 0 Å². The Kier molecular flexibility index (Phi) is 8.45. The number of nitrogens with one attached hydrogen (secondary N) is 1. The Bertz CT molecular complexity index is 960. The van der Waals surface area contributed by atoms with Crippen LogP contribution in [0.3, 0.4) is 0 Å². The van der Waals surface area contributed by atoms with E-state index in [-0.39, 0.29) is 11.9 Å². The zero-order valence-corrected chi connectivity index (χ0v) is 19.4. The zero-order chi connectivity index (χ0) is 22.9. The first-order valence-corrected chi connectivity index (χ1v) is 11.2. The minimum absolute atomic E-state index is 0.0764. The molecule has 0 aliphatic rings. The maximum absolute atomic E-state index is 12.8. The molecule has 1 unspecified atom stereocenters. The number of hydrogen-bond acceptors (Lipinski definition) is 5. The summed E-state index contributed by atoms with van der Waals surface area (Å²) < 4.78 is 11.0. The van der Waals surface area contributed by atoms with E-state index >= 15 is 0 Å². The van der Waals surface area contributed by atoms with Gasteiger partial charge < -0.3 is 14.6 Å². The highest BCUT2D eigenvalue weighted by molar-refractivity contribution is 5.94. The predicted molar refractivity (Wildman–Crippen MR) is 126 cm³/mol. The number of rotatable bonds is 11. The molecule has 2 aromatic carbocycles. The van der Waals surface area contributed by atoms with Crippen LogP contribution in [0.5, 0.6) is 5.75 Å². The normalized spacial score (nSPS) is 12.0. The SMILES string of the molecule is CCN(CC)C(CNC(=O)c1ccc(OCc2c(C)noc2C)cc1)Cc1ccccc1. The molecule has 1 heterocycles. The fraction of sp³-hybridized carbons (Fsp3) is 0.385. The summed E-state index contributed by atoms with van der Waals surface area (Å²) in [5.41, 5.74) is 3.68. The molecule has 0 saturated carbocycles. The molecular weight excluding hydrogens is 402 g/mol. The topological polar surface area (TPSA) is 67.6 Å². The molecule has 0 saturated heterocycles. The second-order valence-electron chi connectivity index (χ2n) is 7.89. The first kappa shape index (κ1) is 23.5. The molecule has 0 bridgehead atoms. The second-order valence-corrected chi connectivity index (χ2v) is 7.89. The van der Waals surface area contributed by atoms with Crippen LogP contribution >= 0.6 is 0 Å². The van der Waals surface area contributed by atoms with Crippen molar-refractivity contribution < 1.29 is 14.1 Å². The van der Waals surface area contributed by atoms with Gasteiger partial charge in [-0.15, -0.1) is 0 Å². The second kappa shape index (κ2) is 11.5. The van der Waals surface area contributed by atoms with Crippen LogP contribution in [-0.2, 0) is 13.0 Å². The smallest absolute Gasteiger partial charge is 0.251 e. The summed E-state index contributed by atoms with van der Waals surface area (Å²) in [5, 5.41) is 7.05. The van der Waals surface area contributed by atoms with Crippen LogP contribution < -0.4 is 10.1 Å². The average Bonchev–Trinajstić information content (AvgIpc) is 3.14. The lowest BCUT2D eigenvalue weighted by Gasteiger charge is -2.30. The first-order valence-electron chi connectivity index (χ1n) is 11.2. The molecule has 6 nitrogen and oxygen atoms in total. The fourth-order valence-electron chi connectivity index (χ4n) is 3.84. The molecule has 1 N–H and O–H groups in total. The quantitative estimate of drug-likeness (QED) is 0.478. The third-order valence-electron chi connectivity index (χ3n) is 5.82. The Morgan fingerprint density at radius 1 is 1.06 bits per heavy atom. The Balaban J connectivity index is 1.57. The summed E-state index contributed by atoms with van der Waals surface area (Å²) in [7, 11) is 0. The van der Waals surface area contributed by atoms with E-state index in [9.17, 15) is 4.79 Å². The van der Waals surface area contributed by atoms with Crippen molar-refractivity contribution in [3.05, 3.63) is 82.7 Å². The zero-order valence-electron chi connectivity index (χ0n) is 19.4. The van der Waals surface area contributed by atoms with Gasteiger partial charge in [0.15, 0.2) is 0 Å². The molecule has 0 aliphatic carbocycles. The molecule has 1 atom stereocenters. The molecule has 32 heavy (non-hydrogen) atoms. The summed E-state index contributed by atoms with van der Waals surface area (Å²) in [6.07, 6.45) is 0.900. The van der Waals surface area contributed by atoms with E-state index in [1.165, 1.54) is 5.56 Å². The van der Waals surface area contributed by atoms with Gasteiger partial charge in [0.1, 0.15) is 18.1 Å². The van der Waals surface area contributed by atoms with E-state index < -0.39 is 0 Å². The molecule has 0 fully saturated rings. The van der Waals surface area contributed by atoms with Crippen LogP contribution in [0.15, 0.2) is 59.1 Å². The van der Waals surface area contributed by atoms with Gasteiger partial charge in [-0.1, -0.05) is 49.3 Å². The number of amides is 1. The number of aromatic nitrogens is 1. The Hall–Kier alpha value is -3.12. The number of likely N-dealkylation sites (N-methyl/N-ethyl adjacent to an activating group) is 1. The highest BCUT2D eigenvalue weighted by atomic mass is 16.5. The van der Waals surface area contributed by atoms with E-state index in [4.69, 9.17) is 9.26 Å². The first-order chi connectivity index (χ1) is 15.5. The summed E-state index contributed by atoms with van der Waals surface area (Å²) in [4.78, 5) is 15.1. The van der Waals surface area contributed by atoms with Crippen LogP contribution in [-0.4, -0.2) is 41.6 Å². The van der Waals surface area contributed by atoms with Crippen molar-refractivity contribution in [3.63, 3.8) is 0 Å². The monoisotopic (exact) mass is 435 g/mol. The molecule has 0 spiro atoms. The highest BCUT2D eigenvalue weighted by Gasteiger charge is 2.18. The van der Waals surface area contributed by atoms with E-state index in [0.717, 1.165) is 36.5 Å². The molecule has 3 rings (SSSR count). The van der Waals surface area contributed by atoms with Crippen molar-refractivity contribution >= 4 is 5.91 Å². The van der Waals surface area contributed by atoms with Gasteiger partial charge in [-0.2, -0.15) is 0 Å². The number of hydrogen-bond donors (Lipinski definition) is 1. The van der Waals surface area contributed by atoms with Gasteiger partial charge in [0.25, 0.3) is 5.91 Å². The van der Waals surface area contributed by atoms with Crippen molar-refractivity contribution in [1.29, 1.82) is 0 Å². The third kappa shape index (κ3) is 6.20. The Morgan fingerprint density at radius 2 is 1.75 bits per heavy atom. The number of carbonyl (C=O) groups is 1. The minimum Gasteiger partial charge on any atom is -0.489 e. The lowest BCUT2D eigenvalue weighted by molar-refractivity contribution is 0.0934. The minimum atomic E-state index is -0.0764. The van der Waals surface area contributed by atoms with Crippen molar-refractivity contribution in [2.45, 2.75) is 46.8 Å². The molecule has 6 heteroatoms. The summed E-state index contributed by atoms with van der Waals surface area (Å²) in [6, 6.07) is 17.9. The maximum Gasteiger partial charge on any atom is 0.251 e. The predicted octanol–water partition coefficient (Wildman–Crippen LogP) is 4.55. The molecule has 1 amide bonds. The number of carbonyl (C=O) groups excluding carboxylic acids is 1. The number of ether oxygens (including phenoxy) is 1. The van der Waals surface area contributed by atoms with Crippen molar-refractivity contribution in [2.75, 3.05) is 19.6 Å². The highest BCUT2D eigenvalue weighted by Crippen LogP contribution is 2.18. The molecular formula is C26H33N3O3. The van der Waals surface area contributed by atoms with Gasteiger partial charge in [-0.25, -0.2) is 0 Å². The van der Waals surface area contributed by atoms with Gasteiger partial charge in [0, 0.05) is 18.2 Å². The lowest BCUT2D eigenvalue weighted by Crippen LogP contribution is -2.45. The molecule has 170 valence electrons. The van der Waals surface area contributed by atoms with Gasteiger partial charge in [-0.3, -0.25) is 9.69 Å². The molecule has 3 aromatic rings. The number of nitrogens with zero attached hydrogens (tertiary/aromatic N) is 2. The molecule has 0 radical (unpaired) electrons. The van der Waals surface area contributed by atoms with Crippen LogP contribution in [0.4, 0.5) is 0 Å². The van der Waals surface area contributed by atoms with Gasteiger partial charge in [0.05, 0.1) is 11.3 Å². The maximum atomic E-state index is 12.8.